The maximum Gasteiger partial charge on any atom is 0.303 e. The summed E-state index contributed by atoms with van der Waals surface area (Å²) in [5, 5.41) is 18.9. The molecule has 27 heavy (non-hydrogen) atoms. The summed E-state index contributed by atoms with van der Waals surface area (Å²) in [4.78, 5) is 24.5. The molecule has 0 bridgehead atoms. The van der Waals surface area contributed by atoms with Crippen LogP contribution in [0.25, 0.3) is 0 Å². The molecule has 0 spiro atoms. The van der Waals surface area contributed by atoms with Crippen molar-refractivity contribution in [3.63, 3.8) is 0 Å². The normalized spacial score (nSPS) is 19.1. The van der Waals surface area contributed by atoms with Crippen molar-refractivity contribution in [1.29, 1.82) is 0 Å². The van der Waals surface area contributed by atoms with Gasteiger partial charge < -0.3 is 15.1 Å². The molecule has 1 aliphatic rings. The Morgan fingerprint density at radius 3 is 2.89 bits per heavy atom. The van der Waals surface area contributed by atoms with Crippen molar-refractivity contribution < 1.29 is 19.8 Å². The molecule has 0 unspecified atom stereocenters. The van der Waals surface area contributed by atoms with Crippen LogP contribution in [0.3, 0.4) is 0 Å². The molecule has 1 rings (SSSR count). The number of unbranched alkanes of at least 4 members (excludes halogenated alkanes) is 1. The number of aliphatic hydroxyl groups excluding tert-OH is 1. The first kappa shape index (κ1) is 23.6. The lowest BCUT2D eigenvalue weighted by Gasteiger charge is -2.23. The lowest BCUT2D eigenvalue weighted by molar-refractivity contribution is -0.137. The van der Waals surface area contributed by atoms with E-state index >= 15 is 0 Å². The monoisotopic (exact) mass is 395 g/mol. The van der Waals surface area contributed by atoms with Crippen LogP contribution in [-0.2, 0) is 9.59 Å². The number of carboxylic acids is 1. The minimum absolute atomic E-state index is 0.0464. The van der Waals surface area contributed by atoms with Gasteiger partial charge in [0, 0.05) is 38.0 Å². The van der Waals surface area contributed by atoms with Gasteiger partial charge in [-0.1, -0.05) is 26.0 Å². The molecule has 0 aromatic carbocycles. The van der Waals surface area contributed by atoms with E-state index < -0.39 is 12.1 Å². The third-order valence-corrected chi connectivity index (χ3v) is 5.62. The van der Waals surface area contributed by atoms with Gasteiger partial charge in [-0.2, -0.15) is 11.8 Å². The van der Waals surface area contributed by atoms with E-state index in [1.165, 1.54) is 0 Å². The Hall–Kier alpha value is -1.45. The Morgan fingerprint density at radius 1 is 1.41 bits per heavy atom. The van der Waals surface area contributed by atoms with Crippen LogP contribution in [0.5, 0.6) is 0 Å². The van der Waals surface area contributed by atoms with Crippen LogP contribution in [0.4, 0.5) is 0 Å². The van der Waals surface area contributed by atoms with Gasteiger partial charge in [-0.15, -0.1) is 11.8 Å². The minimum atomic E-state index is -0.764. The standard InChI is InChI=1S/C21H33NO4S/c1-3-4-5-6-8-17(2)19(23)12-10-18-11-13-20(24)22(18)14-16-27-15-7-9-21(25)26/h10,12,17-19,23H,3-4,7-9,11,13-16H2,1-2H3,(H,25,26)/t17-,18-,19+/m0/s1. The summed E-state index contributed by atoms with van der Waals surface area (Å²) >= 11 is 1.68. The number of amides is 1. The molecule has 5 nitrogen and oxygen atoms in total. The van der Waals surface area contributed by atoms with Gasteiger partial charge in [-0.05, 0) is 30.9 Å². The molecular formula is C21H33NO4S. The first-order valence-corrected chi connectivity index (χ1v) is 11.0. The minimum Gasteiger partial charge on any atom is -0.481 e. The molecule has 1 fully saturated rings. The Kier molecular flexibility index (Phi) is 12.0. The van der Waals surface area contributed by atoms with Crippen LogP contribution in [0.2, 0.25) is 0 Å². The predicted octanol–water partition coefficient (Wildman–Crippen LogP) is 3.32. The number of aliphatic hydroxyl groups is 1. The second-order valence-corrected chi connectivity index (χ2v) is 8.19. The van der Waals surface area contributed by atoms with Gasteiger partial charge in [0.15, 0.2) is 0 Å². The van der Waals surface area contributed by atoms with E-state index in [0.717, 1.165) is 30.8 Å². The number of aliphatic carboxylic acids is 1. The fraction of sp³-hybridized carbons (Fsp3) is 0.714. The van der Waals surface area contributed by atoms with Gasteiger partial charge >= 0.3 is 5.97 Å². The van der Waals surface area contributed by atoms with Gasteiger partial charge in [0.05, 0.1) is 12.1 Å². The molecule has 0 saturated carbocycles. The van der Waals surface area contributed by atoms with E-state index in [1.807, 2.05) is 24.0 Å². The van der Waals surface area contributed by atoms with E-state index in [9.17, 15) is 14.7 Å². The number of thioether (sulfide) groups is 1. The smallest absolute Gasteiger partial charge is 0.303 e. The van der Waals surface area contributed by atoms with Crippen LogP contribution in [0, 0.1) is 17.8 Å². The first-order valence-electron chi connectivity index (χ1n) is 9.86. The highest BCUT2D eigenvalue weighted by molar-refractivity contribution is 7.99. The number of rotatable bonds is 12. The number of nitrogens with zero attached hydrogens (tertiary/aromatic N) is 1. The van der Waals surface area contributed by atoms with Crippen LogP contribution in [-0.4, -0.2) is 57.2 Å². The Bertz CT molecular complexity index is 552. The van der Waals surface area contributed by atoms with Crippen molar-refractivity contribution in [1.82, 2.24) is 4.90 Å². The molecule has 1 heterocycles. The molecule has 1 saturated heterocycles. The average molecular weight is 396 g/mol. The number of hydrogen-bond acceptors (Lipinski definition) is 4. The van der Waals surface area contributed by atoms with Crippen molar-refractivity contribution in [3.05, 3.63) is 12.2 Å². The number of likely N-dealkylation sites (tertiary alicyclic amines) is 1. The summed E-state index contributed by atoms with van der Waals surface area (Å²) in [5.74, 6) is 7.28. The van der Waals surface area contributed by atoms with Crippen molar-refractivity contribution in [3.8, 4) is 11.8 Å². The molecule has 2 N–H and O–H groups in total. The van der Waals surface area contributed by atoms with Gasteiger partial charge in [-0.3, -0.25) is 9.59 Å². The van der Waals surface area contributed by atoms with E-state index in [1.54, 1.807) is 11.8 Å². The zero-order valence-electron chi connectivity index (χ0n) is 16.5. The van der Waals surface area contributed by atoms with E-state index in [-0.39, 0.29) is 24.3 Å². The molecule has 0 aromatic heterocycles. The van der Waals surface area contributed by atoms with Gasteiger partial charge in [0.25, 0.3) is 0 Å². The Balaban J connectivity index is 2.38. The maximum absolute atomic E-state index is 12.1. The number of carbonyl (C=O) groups is 2. The number of carbonyl (C=O) groups excluding carboxylic acids is 1. The van der Waals surface area contributed by atoms with Crippen molar-refractivity contribution in [2.45, 2.75) is 70.9 Å². The van der Waals surface area contributed by atoms with Crippen molar-refractivity contribution in [2.75, 3.05) is 18.1 Å². The topological polar surface area (TPSA) is 77.8 Å². The quantitative estimate of drug-likeness (QED) is 0.301. The maximum atomic E-state index is 12.1. The molecular weight excluding hydrogens is 362 g/mol. The second kappa shape index (κ2) is 13.7. The summed E-state index contributed by atoms with van der Waals surface area (Å²) < 4.78 is 0. The molecule has 0 aliphatic carbocycles. The first-order chi connectivity index (χ1) is 13.0. The fourth-order valence-electron chi connectivity index (χ4n) is 2.84. The molecule has 152 valence electrons. The zero-order chi connectivity index (χ0) is 20.1. The predicted molar refractivity (Wildman–Crippen MR) is 111 cm³/mol. The van der Waals surface area contributed by atoms with Crippen LogP contribution < -0.4 is 0 Å². The van der Waals surface area contributed by atoms with Crippen molar-refractivity contribution >= 4 is 23.6 Å². The summed E-state index contributed by atoms with van der Waals surface area (Å²) in [6.07, 6.45) is 8.02. The lowest BCUT2D eigenvalue weighted by atomic mass is 10.00. The van der Waals surface area contributed by atoms with E-state index in [2.05, 4.69) is 18.8 Å². The molecule has 0 aromatic rings. The summed E-state index contributed by atoms with van der Waals surface area (Å²) in [5.41, 5.74) is 0. The Labute approximate surface area is 167 Å². The van der Waals surface area contributed by atoms with E-state index in [4.69, 9.17) is 5.11 Å². The highest BCUT2D eigenvalue weighted by Crippen LogP contribution is 2.21. The van der Waals surface area contributed by atoms with E-state index in [0.29, 0.717) is 25.8 Å². The molecule has 1 amide bonds. The molecule has 1 aliphatic heterocycles. The molecule has 3 atom stereocenters. The highest BCUT2D eigenvalue weighted by Gasteiger charge is 2.28. The highest BCUT2D eigenvalue weighted by atomic mass is 32.2. The van der Waals surface area contributed by atoms with Crippen molar-refractivity contribution in [2.24, 2.45) is 5.92 Å². The van der Waals surface area contributed by atoms with Gasteiger partial charge in [0.1, 0.15) is 0 Å². The van der Waals surface area contributed by atoms with Crippen LogP contribution in [0.15, 0.2) is 12.2 Å². The SMILES string of the molecule is CCCC#CC[C@H](C)[C@H](O)C=C[C@H]1CCC(=O)N1CCSCCCC(=O)O. The van der Waals surface area contributed by atoms with Gasteiger partial charge in [-0.25, -0.2) is 0 Å². The number of carboxylic acid groups (broad SMARTS) is 1. The summed E-state index contributed by atoms with van der Waals surface area (Å²) in [7, 11) is 0. The third-order valence-electron chi connectivity index (χ3n) is 4.57. The zero-order valence-corrected chi connectivity index (χ0v) is 17.3. The van der Waals surface area contributed by atoms with Crippen LogP contribution >= 0.6 is 11.8 Å². The summed E-state index contributed by atoms with van der Waals surface area (Å²) in [6.45, 7) is 4.75. The second-order valence-electron chi connectivity index (χ2n) is 6.96. The van der Waals surface area contributed by atoms with Crippen LogP contribution in [0.1, 0.15) is 58.8 Å². The lowest BCUT2D eigenvalue weighted by Crippen LogP contribution is -2.34. The molecule has 6 heteroatoms. The third kappa shape index (κ3) is 9.88. The molecule has 0 radical (unpaired) electrons. The largest absolute Gasteiger partial charge is 0.481 e. The van der Waals surface area contributed by atoms with Gasteiger partial charge in [0.2, 0.25) is 5.91 Å². The Morgan fingerprint density at radius 2 is 2.19 bits per heavy atom. The summed E-state index contributed by atoms with van der Waals surface area (Å²) in [6, 6.07) is 0.0464. The fourth-order valence-corrected chi connectivity index (χ4v) is 3.71. The number of hydrogen-bond donors (Lipinski definition) is 2. The average Bonchev–Trinajstić information content (AvgIpc) is 2.99.